The van der Waals surface area contributed by atoms with E-state index < -0.39 is 35.6 Å². The number of carbonyl (C=O) groups excluding carboxylic acids is 3. The predicted octanol–water partition coefficient (Wildman–Crippen LogP) is 5.53. The molecule has 10 heterocycles. The molecule has 19 heteroatoms. The Balaban J connectivity index is 1.00. The maximum atomic E-state index is 15.2. The zero-order chi connectivity index (χ0) is 51.6. The van der Waals surface area contributed by atoms with Crippen LogP contribution >= 0.6 is 11.3 Å². The highest BCUT2D eigenvalue weighted by Gasteiger charge is 2.55. The summed E-state index contributed by atoms with van der Waals surface area (Å²) in [6.07, 6.45) is 7.13. The number of aromatic nitrogens is 3. The molecule has 6 bridgehead atoms. The minimum atomic E-state index is -1.03. The van der Waals surface area contributed by atoms with E-state index in [1.54, 1.807) is 7.11 Å². The number of esters is 1. The molecule has 404 valence electrons. The number of rotatable bonds is 12. The van der Waals surface area contributed by atoms with Crippen LogP contribution in [0.5, 0.6) is 0 Å². The zero-order valence-electron chi connectivity index (χ0n) is 44.4. The Morgan fingerprint density at radius 3 is 2.49 bits per heavy atom. The lowest BCUT2D eigenvalue weighted by atomic mass is 9.76. The number of benzene rings is 1. The summed E-state index contributed by atoms with van der Waals surface area (Å²) in [5.74, 6) is -1.06. The molecule has 12 rings (SSSR count). The van der Waals surface area contributed by atoms with Gasteiger partial charge in [-0.15, -0.1) is 11.3 Å². The Labute approximate surface area is 444 Å². The lowest BCUT2D eigenvalue weighted by Crippen LogP contribution is -2.70. The smallest absolute Gasteiger partial charge is 0.324 e. The number of piperazine rings is 1. The first-order valence-corrected chi connectivity index (χ1v) is 28.5. The summed E-state index contributed by atoms with van der Waals surface area (Å²) >= 11 is 1.50. The van der Waals surface area contributed by atoms with E-state index in [9.17, 15) is 9.59 Å². The SMILES string of the molecule is CO[C@@H](C)c1ncc(N2CCN(C3CC3)CC2)cc1-c1c2c3cc(ccc3n1CCOC1CCOCC1)-c1csc(n1)[C@@H](N1CC3(COC3)C1)[C@H](NC(=O)[C@H]1OC[C@@H]1C)C(=O)N1CCC[C@H](N1)C(=O)OCC(C)(C)C2. The van der Waals surface area contributed by atoms with Crippen molar-refractivity contribution in [2.45, 2.75) is 122 Å². The first kappa shape index (κ1) is 51.2. The van der Waals surface area contributed by atoms with Gasteiger partial charge in [0.25, 0.3) is 5.91 Å². The molecule has 0 radical (unpaired) electrons. The fourth-order valence-corrected chi connectivity index (χ4v) is 13.6. The van der Waals surface area contributed by atoms with Crippen molar-refractivity contribution in [1.29, 1.82) is 0 Å². The average molecular weight is 1050 g/mol. The Hall–Kier alpha value is -4.57. The van der Waals surface area contributed by atoms with Crippen LogP contribution in [0, 0.1) is 16.7 Å². The predicted molar refractivity (Wildman–Crippen MR) is 283 cm³/mol. The summed E-state index contributed by atoms with van der Waals surface area (Å²) in [6, 6.07) is 7.29. The highest BCUT2D eigenvalue weighted by Crippen LogP contribution is 2.47. The number of thiazole rings is 1. The number of likely N-dealkylation sites (tertiary alicyclic amines) is 1. The number of hydrogen-bond acceptors (Lipinski definition) is 16. The van der Waals surface area contributed by atoms with E-state index in [1.807, 2.05) is 13.1 Å². The molecule has 1 aliphatic carbocycles. The highest BCUT2D eigenvalue weighted by atomic mass is 32.1. The molecular formula is C56H75N9O9S. The normalized spacial score (nSPS) is 28.0. The largest absolute Gasteiger partial charge is 0.464 e. The quantitative estimate of drug-likeness (QED) is 0.170. The van der Waals surface area contributed by atoms with Gasteiger partial charge in [0, 0.05) is 123 Å². The summed E-state index contributed by atoms with van der Waals surface area (Å²) in [6.45, 7) is 18.4. The molecule has 6 saturated heterocycles. The van der Waals surface area contributed by atoms with Crippen molar-refractivity contribution in [1.82, 2.24) is 40.1 Å². The zero-order valence-corrected chi connectivity index (χ0v) is 45.2. The van der Waals surface area contributed by atoms with Gasteiger partial charge in [0.15, 0.2) is 0 Å². The van der Waals surface area contributed by atoms with E-state index in [2.05, 4.69) is 80.4 Å². The molecule has 1 saturated carbocycles. The lowest BCUT2D eigenvalue weighted by molar-refractivity contribution is -0.203. The van der Waals surface area contributed by atoms with E-state index in [0.717, 1.165) is 100 Å². The van der Waals surface area contributed by atoms with Gasteiger partial charge in [-0.05, 0) is 75.6 Å². The Kier molecular flexibility index (Phi) is 14.3. The van der Waals surface area contributed by atoms with Crippen molar-refractivity contribution in [3.8, 4) is 22.5 Å². The topological polar surface area (TPSA) is 174 Å². The Morgan fingerprint density at radius 2 is 1.79 bits per heavy atom. The van der Waals surface area contributed by atoms with Gasteiger partial charge in [0.05, 0.1) is 80.3 Å². The number of anilines is 1. The van der Waals surface area contributed by atoms with Gasteiger partial charge in [0.2, 0.25) is 5.91 Å². The minimum Gasteiger partial charge on any atom is -0.464 e. The van der Waals surface area contributed by atoms with Crippen LogP contribution in [0.25, 0.3) is 33.4 Å². The lowest BCUT2D eigenvalue weighted by Gasteiger charge is -2.58. The molecule has 6 atom stereocenters. The third kappa shape index (κ3) is 10.3. The first-order valence-electron chi connectivity index (χ1n) is 27.6. The van der Waals surface area contributed by atoms with Crippen LogP contribution in [0.1, 0.15) is 94.6 Å². The molecule has 0 unspecified atom stereocenters. The third-order valence-corrected chi connectivity index (χ3v) is 18.1. The fourth-order valence-electron chi connectivity index (χ4n) is 12.6. The van der Waals surface area contributed by atoms with E-state index >= 15 is 4.79 Å². The maximum Gasteiger partial charge on any atom is 0.324 e. The summed E-state index contributed by atoms with van der Waals surface area (Å²) in [5, 5.41) is 8.58. The summed E-state index contributed by atoms with van der Waals surface area (Å²) in [5.41, 5.74) is 10.6. The van der Waals surface area contributed by atoms with Gasteiger partial charge in [-0.1, -0.05) is 26.8 Å². The highest BCUT2D eigenvalue weighted by molar-refractivity contribution is 7.10. The first-order chi connectivity index (χ1) is 36.3. The molecule has 18 nitrogen and oxygen atoms in total. The maximum absolute atomic E-state index is 15.2. The fraction of sp³-hybridized carbons (Fsp3) is 0.661. The number of cyclic esters (lactones) is 1. The van der Waals surface area contributed by atoms with Crippen molar-refractivity contribution in [3.63, 3.8) is 0 Å². The molecular weight excluding hydrogens is 975 g/mol. The molecule has 4 aromatic rings. The second-order valence-electron chi connectivity index (χ2n) is 23.5. The monoisotopic (exact) mass is 1050 g/mol. The number of methoxy groups -OCH3 is 1. The van der Waals surface area contributed by atoms with Gasteiger partial charge >= 0.3 is 5.97 Å². The molecule has 7 fully saturated rings. The number of ether oxygens (including phenoxy) is 6. The Morgan fingerprint density at radius 1 is 0.987 bits per heavy atom. The molecule has 3 aromatic heterocycles. The number of nitrogens with zero attached hydrogens (tertiary/aromatic N) is 7. The van der Waals surface area contributed by atoms with Crippen LogP contribution in [0.4, 0.5) is 5.69 Å². The standard InChI is InChI=1S/C56H75N9O9S/c1-34-27-73-50(34)51(66)59-47-49(63-29-56(30-63)32-71-33-56)52-58-44(28-75-52)36-8-11-45-40(23-36)42(25-55(3,4)31-74-54(68)43-7-6-14-65(60-43)53(47)67)48(64(45)19-22-72-39-12-20-70-21-13-39)41-24-38(26-57-46(41)35(2)69-5)62-17-15-61(16-18-62)37-9-10-37/h8,11,23-24,26,28,34-35,37,39,43,47,49-50,60H,6-7,9-10,12-22,25,27,29-33H2,1-5H3,(H,59,66)/t34-,35-,43-,47-,49-,50-/m0/s1. The molecule has 1 spiro atoms. The van der Waals surface area contributed by atoms with Crippen LogP contribution in [0.3, 0.4) is 0 Å². The van der Waals surface area contributed by atoms with E-state index in [-0.39, 0.29) is 42.0 Å². The average Bonchev–Trinajstić information content (AvgIpc) is 4.07. The summed E-state index contributed by atoms with van der Waals surface area (Å²) in [7, 11) is 1.74. The van der Waals surface area contributed by atoms with Gasteiger partial charge in [0.1, 0.15) is 23.2 Å². The van der Waals surface area contributed by atoms with Crippen LogP contribution in [-0.4, -0.2) is 177 Å². The molecule has 7 aliphatic heterocycles. The van der Waals surface area contributed by atoms with Crippen molar-refractivity contribution in [3.05, 3.63) is 52.1 Å². The van der Waals surface area contributed by atoms with Gasteiger partial charge < -0.3 is 43.2 Å². The molecule has 2 N–H and O–H groups in total. The van der Waals surface area contributed by atoms with E-state index in [1.165, 1.54) is 29.2 Å². The number of hydrogen-bond donors (Lipinski definition) is 2. The van der Waals surface area contributed by atoms with Crippen molar-refractivity contribution in [2.75, 3.05) is 104 Å². The Bertz CT molecular complexity index is 2750. The molecule has 8 aliphatic rings. The van der Waals surface area contributed by atoms with Gasteiger partial charge in [-0.2, -0.15) is 0 Å². The van der Waals surface area contributed by atoms with E-state index in [4.69, 9.17) is 38.4 Å². The molecule has 75 heavy (non-hydrogen) atoms. The number of amides is 2. The second kappa shape index (κ2) is 21.0. The van der Waals surface area contributed by atoms with Crippen molar-refractivity contribution >= 4 is 45.7 Å². The van der Waals surface area contributed by atoms with Gasteiger partial charge in [-0.3, -0.25) is 34.2 Å². The number of nitrogens with one attached hydrogen (secondary N) is 2. The third-order valence-electron chi connectivity index (χ3n) is 17.2. The summed E-state index contributed by atoms with van der Waals surface area (Å²) < 4.78 is 38.7. The van der Waals surface area contributed by atoms with Crippen molar-refractivity contribution < 1.29 is 42.8 Å². The van der Waals surface area contributed by atoms with Crippen LogP contribution in [0.15, 0.2) is 35.8 Å². The van der Waals surface area contributed by atoms with Crippen LogP contribution < -0.4 is 15.6 Å². The minimum absolute atomic E-state index is 0.00441. The van der Waals surface area contributed by atoms with Crippen LogP contribution in [0.2, 0.25) is 0 Å². The van der Waals surface area contributed by atoms with Crippen molar-refractivity contribution in [2.24, 2.45) is 16.7 Å². The molecule has 1 aromatic carbocycles. The number of pyridine rings is 1. The number of hydrazine groups is 1. The molecule has 2 amide bonds. The second-order valence-corrected chi connectivity index (χ2v) is 24.4. The van der Waals surface area contributed by atoms with E-state index in [0.29, 0.717) is 85.1 Å². The number of carbonyl (C=O) groups is 3. The van der Waals surface area contributed by atoms with Gasteiger partial charge in [-0.25, -0.2) is 10.4 Å². The van der Waals surface area contributed by atoms with Crippen LogP contribution in [-0.2, 0) is 55.8 Å². The summed E-state index contributed by atoms with van der Waals surface area (Å²) in [4.78, 5) is 61.7. The number of fused-ring (bicyclic) bond motifs is 6.